The second-order valence-corrected chi connectivity index (χ2v) is 7.51. The molecule has 0 amide bonds. The van der Waals surface area contributed by atoms with Gasteiger partial charge in [0.15, 0.2) is 0 Å². The van der Waals surface area contributed by atoms with Gasteiger partial charge in [-0.05, 0) is 48.9 Å². The van der Waals surface area contributed by atoms with Crippen LogP contribution in [0.1, 0.15) is 12.8 Å². The Bertz CT molecular complexity index is 569. The summed E-state index contributed by atoms with van der Waals surface area (Å²) in [5.74, 6) is -0.104. The summed E-state index contributed by atoms with van der Waals surface area (Å²) in [4.78, 5) is 0.157. The summed E-state index contributed by atoms with van der Waals surface area (Å²) < 4.78 is 62.2. The molecular formula is C12H15F3N2O2S2. The van der Waals surface area contributed by atoms with Crippen LogP contribution < -0.4 is 10.0 Å². The van der Waals surface area contributed by atoms with Gasteiger partial charge >= 0.3 is 5.51 Å². The van der Waals surface area contributed by atoms with Crippen LogP contribution in [-0.2, 0) is 10.0 Å². The molecule has 0 radical (unpaired) electrons. The predicted octanol–water partition coefficient (Wildman–Crippen LogP) is 2.79. The molecule has 1 aromatic rings. The van der Waals surface area contributed by atoms with E-state index >= 15 is 0 Å². The molecule has 9 heteroatoms. The van der Waals surface area contributed by atoms with Crippen molar-refractivity contribution in [3.8, 4) is 0 Å². The van der Waals surface area contributed by atoms with Crippen molar-refractivity contribution in [2.75, 3.05) is 17.6 Å². The van der Waals surface area contributed by atoms with Gasteiger partial charge in [-0.2, -0.15) is 13.2 Å². The van der Waals surface area contributed by atoms with Crippen LogP contribution in [0.2, 0.25) is 0 Å². The Morgan fingerprint density at radius 2 is 1.81 bits per heavy atom. The van der Waals surface area contributed by atoms with Crippen molar-refractivity contribution in [2.24, 2.45) is 0 Å². The van der Waals surface area contributed by atoms with Crippen LogP contribution in [0, 0.1) is 0 Å². The Labute approximate surface area is 125 Å². The first-order chi connectivity index (χ1) is 9.76. The molecule has 21 heavy (non-hydrogen) atoms. The van der Waals surface area contributed by atoms with Gasteiger partial charge in [0.2, 0.25) is 10.0 Å². The second-order valence-electron chi connectivity index (χ2n) is 4.64. The first kappa shape index (κ1) is 16.4. The minimum Gasteiger partial charge on any atom is -0.384 e. The number of thioether (sulfide) groups is 1. The molecule has 0 unspecified atom stereocenters. The molecule has 0 bridgehead atoms. The molecular weight excluding hydrogens is 325 g/mol. The zero-order chi connectivity index (χ0) is 15.5. The van der Waals surface area contributed by atoms with Crippen LogP contribution in [0.25, 0.3) is 0 Å². The summed E-state index contributed by atoms with van der Waals surface area (Å²) in [6.45, 7) is 0.149. The highest BCUT2D eigenvalue weighted by atomic mass is 32.2. The fourth-order valence-electron chi connectivity index (χ4n) is 1.60. The third kappa shape index (κ3) is 5.76. The van der Waals surface area contributed by atoms with Crippen molar-refractivity contribution in [2.45, 2.75) is 29.3 Å². The molecule has 0 spiro atoms. The summed E-state index contributed by atoms with van der Waals surface area (Å²) in [7, 11) is -3.49. The van der Waals surface area contributed by atoms with Crippen LogP contribution in [0.4, 0.5) is 18.9 Å². The second kappa shape index (κ2) is 6.45. The van der Waals surface area contributed by atoms with E-state index in [0.29, 0.717) is 5.69 Å². The van der Waals surface area contributed by atoms with Crippen LogP contribution in [-0.4, -0.2) is 32.3 Å². The minimum atomic E-state index is -4.23. The number of rotatable bonds is 7. The van der Waals surface area contributed by atoms with Crippen LogP contribution in [0.3, 0.4) is 0 Å². The first-order valence-corrected chi connectivity index (χ1v) is 8.80. The third-order valence-electron chi connectivity index (χ3n) is 2.76. The van der Waals surface area contributed by atoms with Gasteiger partial charge in [0.05, 0.1) is 4.90 Å². The standard InChI is InChI=1S/C12H15F3N2O2S2/c13-12(14,15)20-8-7-16-9-3-5-11(6-4-9)21(18,19)17-10-1-2-10/h3-6,10,16-17H,1-2,7-8H2. The molecule has 118 valence electrons. The highest BCUT2D eigenvalue weighted by Gasteiger charge is 2.28. The number of halogens is 3. The largest absolute Gasteiger partial charge is 0.441 e. The van der Waals surface area contributed by atoms with Gasteiger partial charge in [-0.15, -0.1) is 0 Å². The van der Waals surface area contributed by atoms with Gasteiger partial charge in [0.1, 0.15) is 0 Å². The Morgan fingerprint density at radius 1 is 1.19 bits per heavy atom. The average molecular weight is 340 g/mol. The lowest BCUT2D eigenvalue weighted by molar-refractivity contribution is -0.0327. The summed E-state index contributed by atoms with van der Waals surface area (Å²) in [5.41, 5.74) is -3.64. The number of benzene rings is 1. The van der Waals surface area contributed by atoms with Crippen LogP contribution in [0.5, 0.6) is 0 Å². The monoisotopic (exact) mass is 340 g/mol. The molecule has 1 fully saturated rings. The van der Waals surface area contributed by atoms with Crippen LogP contribution in [0.15, 0.2) is 29.2 Å². The smallest absolute Gasteiger partial charge is 0.384 e. The highest BCUT2D eigenvalue weighted by molar-refractivity contribution is 8.00. The maximum absolute atomic E-state index is 11.9. The summed E-state index contributed by atoms with van der Waals surface area (Å²) in [5, 5.41) is 2.81. The predicted molar refractivity (Wildman–Crippen MR) is 76.8 cm³/mol. The molecule has 2 rings (SSSR count). The van der Waals surface area contributed by atoms with Gasteiger partial charge in [-0.1, -0.05) is 0 Å². The molecule has 2 N–H and O–H groups in total. The number of hydrogen-bond donors (Lipinski definition) is 2. The molecule has 0 atom stereocenters. The van der Waals surface area contributed by atoms with E-state index in [-0.39, 0.29) is 35.0 Å². The maximum Gasteiger partial charge on any atom is 0.441 e. The van der Waals surface area contributed by atoms with Crippen molar-refractivity contribution >= 4 is 27.5 Å². The lowest BCUT2D eigenvalue weighted by Crippen LogP contribution is -2.25. The zero-order valence-electron chi connectivity index (χ0n) is 11.0. The molecule has 0 aliphatic heterocycles. The topological polar surface area (TPSA) is 58.2 Å². The van der Waals surface area contributed by atoms with E-state index < -0.39 is 15.5 Å². The molecule has 1 aliphatic carbocycles. The lowest BCUT2D eigenvalue weighted by atomic mass is 10.3. The number of alkyl halides is 3. The highest BCUT2D eigenvalue weighted by Crippen LogP contribution is 2.29. The quantitative estimate of drug-likeness (QED) is 0.750. The average Bonchev–Trinajstić information content (AvgIpc) is 3.17. The van der Waals surface area contributed by atoms with Gasteiger partial charge in [-0.3, -0.25) is 0 Å². The van der Waals surface area contributed by atoms with Crippen molar-refractivity contribution in [1.29, 1.82) is 0 Å². The fraction of sp³-hybridized carbons (Fsp3) is 0.500. The molecule has 1 aromatic carbocycles. The Balaban J connectivity index is 1.84. The SMILES string of the molecule is O=S(=O)(NC1CC1)c1ccc(NCCSC(F)(F)F)cc1. The summed E-state index contributed by atoms with van der Waals surface area (Å²) in [6.07, 6.45) is 1.71. The van der Waals surface area contributed by atoms with E-state index in [0.717, 1.165) is 12.8 Å². The van der Waals surface area contributed by atoms with E-state index in [2.05, 4.69) is 10.0 Å². The number of anilines is 1. The van der Waals surface area contributed by atoms with Gasteiger partial charge in [0, 0.05) is 24.0 Å². The molecule has 1 aliphatic rings. The normalized spacial score (nSPS) is 16.0. The van der Waals surface area contributed by atoms with E-state index in [1.165, 1.54) is 12.1 Å². The molecule has 0 heterocycles. The lowest BCUT2D eigenvalue weighted by Gasteiger charge is -2.09. The van der Waals surface area contributed by atoms with E-state index in [9.17, 15) is 21.6 Å². The van der Waals surface area contributed by atoms with Crippen molar-refractivity contribution < 1.29 is 21.6 Å². The molecule has 1 saturated carbocycles. The van der Waals surface area contributed by atoms with Crippen LogP contribution >= 0.6 is 11.8 Å². The third-order valence-corrected chi connectivity index (χ3v) is 5.03. The van der Waals surface area contributed by atoms with E-state index in [4.69, 9.17) is 0 Å². The Morgan fingerprint density at radius 3 is 2.33 bits per heavy atom. The van der Waals surface area contributed by atoms with Gasteiger partial charge in [-0.25, -0.2) is 13.1 Å². The molecule has 0 saturated heterocycles. The number of sulfonamides is 1. The van der Waals surface area contributed by atoms with Crippen molar-refractivity contribution in [1.82, 2.24) is 4.72 Å². The van der Waals surface area contributed by atoms with E-state index in [1.54, 1.807) is 12.1 Å². The number of nitrogens with one attached hydrogen (secondary N) is 2. The maximum atomic E-state index is 11.9. The molecule has 4 nitrogen and oxygen atoms in total. The zero-order valence-corrected chi connectivity index (χ0v) is 12.6. The van der Waals surface area contributed by atoms with Gasteiger partial charge < -0.3 is 5.32 Å². The Hall–Kier alpha value is -0.930. The van der Waals surface area contributed by atoms with E-state index in [1.807, 2.05) is 0 Å². The Kier molecular flexibility index (Phi) is 5.05. The minimum absolute atomic E-state index is 0.0344. The molecule has 0 aromatic heterocycles. The van der Waals surface area contributed by atoms with Crippen molar-refractivity contribution in [3.05, 3.63) is 24.3 Å². The summed E-state index contributed by atoms with van der Waals surface area (Å²) >= 11 is -0.0944. The number of hydrogen-bond acceptors (Lipinski definition) is 4. The first-order valence-electron chi connectivity index (χ1n) is 6.33. The van der Waals surface area contributed by atoms with Crippen molar-refractivity contribution in [3.63, 3.8) is 0 Å². The fourth-order valence-corrected chi connectivity index (χ4v) is 3.34. The van der Waals surface area contributed by atoms with Gasteiger partial charge in [0.25, 0.3) is 0 Å². The summed E-state index contributed by atoms with van der Waals surface area (Å²) in [6, 6.07) is 5.99.